The van der Waals surface area contributed by atoms with Gasteiger partial charge in [-0.25, -0.2) is 0 Å². The van der Waals surface area contributed by atoms with E-state index < -0.39 is 5.60 Å². The van der Waals surface area contributed by atoms with Gasteiger partial charge in [0.1, 0.15) is 0 Å². The summed E-state index contributed by atoms with van der Waals surface area (Å²) < 4.78 is 9.75. The average molecular weight is 295 g/mol. The first-order valence-electron chi connectivity index (χ1n) is 7.05. The van der Waals surface area contributed by atoms with Crippen LogP contribution in [0.25, 0.3) is 0 Å². The molecule has 0 amide bonds. The summed E-state index contributed by atoms with van der Waals surface area (Å²) in [7, 11) is 3.01. The number of aliphatic hydroxyl groups is 1. The number of methoxy groups -OCH3 is 2. The van der Waals surface area contributed by atoms with E-state index in [1.807, 2.05) is 35.2 Å². The molecule has 5 heteroatoms. The molecule has 0 aliphatic rings. The summed E-state index contributed by atoms with van der Waals surface area (Å²) in [5.74, 6) is -0.253. The lowest BCUT2D eigenvalue weighted by molar-refractivity contribution is -0.141. The molecule has 0 radical (unpaired) electrons. The minimum Gasteiger partial charge on any atom is -0.469 e. The van der Waals surface area contributed by atoms with Crippen LogP contribution >= 0.6 is 0 Å². The third-order valence-corrected chi connectivity index (χ3v) is 3.40. The van der Waals surface area contributed by atoms with Gasteiger partial charge in [-0.1, -0.05) is 30.3 Å². The van der Waals surface area contributed by atoms with Crippen molar-refractivity contribution >= 4 is 5.97 Å². The zero-order valence-corrected chi connectivity index (χ0v) is 13.0. The zero-order valence-electron chi connectivity index (χ0n) is 13.0. The van der Waals surface area contributed by atoms with Crippen LogP contribution in [0.3, 0.4) is 0 Å². The Morgan fingerprint density at radius 3 is 2.48 bits per heavy atom. The summed E-state index contributed by atoms with van der Waals surface area (Å²) in [5.41, 5.74) is -0.129. The fraction of sp³-hybridized carbons (Fsp3) is 0.562. The van der Waals surface area contributed by atoms with E-state index in [1.54, 1.807) is 14.0 Å². The maximum atomic E-state index is 11.3. The fourth-order valence-electron chi connectivity index (χ4n) is 2.17. The third-order valence-electron chi connectivity index (χ3n) is 3.40. The Morgan fingerprint density at radius 2 is 1.90 bits per heavy atom. The number of carbonyl (C=O) groups is 1. The maximum Gasteiger partial charge on any atom is 0.306 e. The summed E-state index contributed by atoms with van der Waals surface area (Å²) in [5, 5.41) is 10.7. The standard InChI is InChI=1S/C16H25NO4/c1-16(19,14-7-5-4-6-8-14)13-17(11-12-20-2)10-9-15(18)21-3/h4-8,19H,9-13H2,1-3H3. The van der Waals surface area contributed by atoms with Gasteiger partial charge in [0.05, 0.1) is 25.7 Å². The van der Waals surface area contributed by atoms with E-state index >= 15 is 0 Å². The van der Waals surface area contributed by atoms with Crippen LogP contribution < -0.4 is 0 Å². The second kappa shape index (κ2) is 8.77. The van der Waals surface area contributed by atoms with Gasteiger partial charge in [0, 0.05) is 26.7 Å². The zero-order chi connectivity index (χ0) is 15.7. The van der Waals surface area contributed by atoms with Crippen LogP contribution in [-0.2, 0) is 19.9 Å². The molecule has 0 fully saturated rings. The van der Waals surface area contributed by atoms with Crippen LogP contribution in [0, 0.1) is 0 Å². The molecule has 1 atom stereocenters. The SMILES string of the molecule is COCCN(CCC(=O)OC)CC(C)(O)c1ccccc1. The Bertz CT molecular complexity index is 420. The summed E-state index contributed by atoms with van der Waals surface area (Å²) in [6.07, 6.45) is 0.297. The van der Waals surface area contributed by atoms with Gasteiger partial charge >= 0.3 is 5.97 Å². The molecular formula is C16H25NO4. The minimum atomic E-state index is -0.981. The van der Waals surface area contributed by atoms with Crippen LogP contribution in [-0.4, -0.2) is 56.4 Å². The number of hydrogen-bond donors (Lipinski definition) is 1. The number of esters is 1. The second-order valence-corrected chi connectivity index (χ2v) is 5.23. The van der Waals surface area contributed by atoms with Crippen molar-refractivity contribution in [1.29, 1.82) is 0 Å². The van der Waals surface area contributed by atoms with E-state index in [2.05, 4.69) is 4.74 Å². The monoisotopic (exact) mass is 295 g/mol. The molecule has 0 saturated heterocycles. The van der Waals surface area contributed by atoms with Crippen molar-refractivity contribution in [2.75, 3.05) is 40.5 Å². The van der Waals surface area contributed by atoms with E-state index in [-0.39, 0.29) is 5.97 Å². The molecule has 1 aromatic carbocycles. The van der Waals surface area contributed by atoms with Gasteiger partial charge in [-0.2, -0.15) is 0 Å². The molecular weight excluding hydrogens is 270 g/mol. The highest BCUT2D eigenvalue weighted by atomic mass is 16.5. The van der Waals surface area contributed by atoms with Gasteiger partial charge in [-0.15, -0.1) is 0 Å². The van der Waals surface area contributed by atoms with E-state index in [1.165, 1.54) is 7.11 Å². The molecule has 21 heavy (non-hydrogen) atoms. The van der Waals surface area contributed by atoms with E-state index in [4.69, 9.17) is 4.74 Å². The number of carbonyl (C=O) groups excluding carboxylic acids is 1. The van der Waals surface area contributed by atoms with Gasteiger partial charge in [0.2, 0.25) is 0 Å². The van der Waals surface area contributed by atoms with Crippen LogP contribution in [0.15, 0.2) is 30.3 Å². The lowest BCUT2D eigenvalue weighted by Gasteiger charge is -2.31. The molecule has 0 bridgehead atoms. The second-order valence-electron chi connectivity index (χ2n) is 5.23. The summed E-state index contributed by atoms with van der Waals surface area (Å²) in [6.45, 7) is 3.93. The highest BCUT2D eigenvalue weighted by molar-refractivity contribution is 5.69. The van der Waals surface area contributed by atoms with Crippen molar-refractivity contribution in [2.24, 2.45) is 0 Å². The molecule has 0 heterocycles. The topological polar surface area (TPSA) is 59.0 Å². The number of hydrogen-bond acceptors (Lipinski definition) is 5. The van der Waals surface area contributed by atoms with Crippen LogP contribution in [0.4, 0.5) is 0 Å². The number of nitrogens with zero attached hydrogens (tertiary/aromatic N) is 1. The van der Waals surface area contributed by atoms with Crippen molar-refractivity contribution in [3.63, 3.8) is 0 Å². The highest BCUT2D eigenvalue weighted by Gasteiger charge is 2.26. The highest BCUT2D eigenvalue weighted by Crippen LogP contribution is 2.21. The molecule has 0 spiro atoms. The molecule has 0 aliphatic carbocycles. The maximum absolute atomic E-state index is 11.3. The first kappa shape index (κ1) is 17.6. The molecule has 0 aliphatic heterocycles. The lowest BCUT2D eigenvalue weighted by atomic mass is 9.95. The van der Waals surface area contributed by atoms with Gasteiger partial charge in [0.15, 0.2) is 0 Å². The van der Waals surface area contributed by atoms with Crippen molar-refractivity contribution in [3.05, 3.63) is 35.9 Å². The number of benzene rings is 1. The Hall–Kier alpha value is -1.43. The van der Waals surface area contributed by atoms with Gasteiger partial charge in [0.25, 0.3) is 0 Å². The predicted octanol–water partition coefficient (Wildman–Crippen LogP) is 1.41. The molecule has 0 aromatic heterocycles. The molecule has 1 unspecified atom stereocenters. The molecule has 118 valence electrons. The minimum absolute atomic E-state index is 0.253. The third kappa shape index (κ3) is 6.25. The van der Waals surface area contributed by atoms with Gasteiger partial charge in [-0.3, -0.25) is 9.69 Å². The predicted molar refractivity (Wildman–Crippen MR) is 81.0 cm³/mol. The summed E-state index contributed by atoms with van der Waals surface area (Å²) >= 11 is 0. The van der Waals surface area contributed by atoms with Crippen molar-refractivity contribution in [2.45, 2.75) is 18.9 Å². The summed E-state index contributed by atoms with van der Waals surface area (Å²) in [4.78, 5) is 13.3. The van der Waals surface area contributed by atoms with Gasteiger partial charge < -0.3 is 14.6 Å². The van der Waals surface area contributed by atoms with Crippen LogP contribution in [0.2, 0.25) is 0 Å². The quantitative estimate of drug-likeness (QED) is 0.698. The lowest BCUT2D eigenvalue weighted by Crippen LogP contribution is -2.41. The van der Waals surface area contributed by atoms with Crippen LogP contribution in [0.1, 0.15) is 18.9 Å². The van der Waals surface area contributed by atoms with Gasteiger partial charge in [-0.05, 0) is 12.5 Å². The molecule has 0 saturated carbocycles. The molecule has 1 rings (SSSR count). The van der Waals surface area contributed by atoms with Crippen molar-refractivity contribution < 1.29 is 19.4 Å². The first-order valence-corrected chi connectivity index (χ1v) is 7.05. The smallest absolute Gasteiger partial charge is 0.306 e. The molecule has 1 N–H and O–H groups in total. The van der Waals surface area contributed by atoms with E-state index in [0.29, 0.717) is 32.7 Å². The van der Waals surface area contributed by atoms with Crippen LogP contribution in [0.5, 0.6) is 0 Å². The molecule has 1 aromatic rings. The largest absolute Gasteiger partial charge is 0.469 e. The summed E-state index contributed by atoms with van der Waals surface area (Å²) in [6, 6.07) is 9.51. The van der Waals surface area contributed by atoms with E-state index in [0.717, 1.165) is 5.56 Å². The Morgan fingerprint density at radius 1 is 1.24 bits per heavy atom. The van der Waals surface area contributed by atoms with E-state index in [9.17, 15) is 9.90 Å². The van der Waals surface area contributed by atoms with Crippen molar-refractivity contribution in [3.8, 4) is 0 Å². The Kier molecular flexibility index (Phi) is 7.36. The first-order chi connectivity index (χ1) is 9.99. The molecule has 5 nitrogen and oxygen atoms in total. The average Bonchev–Trinajstić information content (AvgIpc) is 2.50. The number of rotatable bonds is 9. The normalized spacial score (nSPS) is 14.0. The number of ether oxygens (including phenoxy) is 2. The van der Waals surface area contributed by atoms with Crippen molar-refractivity contribution in [1.82, 2.24) is 4.90 Å². The fourth-order valence-corrected chi connectivity index (χ4v) is 2.17. The Balaban J connectivity index is 2.67. The Labute approximate surface area is 126 Å².